The van der Waals surface area contributed by atoms with Crippen molar-refractivity contribution >= 4 is 17.7 Å². The van der Waals surface area contributed by atoms with Crippen LogP contribution in [0, 0.1) is 5.82 Å². The minimum atomic E-state index is -0.239. The molecule has 6 heteroatoms. The number of nitrogens with zero attached hydrogens (tertiary/aromatic N) is 1. The second-order valence-electron chi connectivity index (χ2n) is 4.21. The number of amides is 1. The van der Waals surface area contributed by atoms with Crippen molar-refractivity contribution in [2.45, 2.75) is 17.7 Å². The Kier molecular flexibility index (Phi) is 5.61. The van der Waals surface area contributed by atoms with Crippen molar-refractivity contribution in [2.75, 3.05) is 12.3 Å². The number of hydrogen-bond donors (Lipinski definition) is 2. The van der Waals surface area contributed by atoms with Crippen LogP contribution in [0.3, 0.4) is 0 Å². The van der Waals surface area contributed by atoms with E-state index in [1.54, 1.807) is 30.7 Å². The number of rotatable bonds is 7. The maximum absolute atomic E-state index is 13.3. The number of nitrogens with one attached hydrogen (secondary N) is 2. The topological polar surface area (TPSA) is 57.8 Å². The second-order valence-corrected chi connectivity index (χ2v) is 5.34. The third-order valence-electron chi connectivity index (χ3n) is 2.69. The standard InChI is InChI=1S/C14H16FN3OS/c15-12-3-1-2-4-13(12)20-8-6-14(19)17-7-5-11-9-16-10-18-11/h1-4,9-10H,5-8H2,(H,16,18)(H,17,19). The molecule has 0 spiro atoms. The van der Waals surface area contributed by atoms with E-state index in [9.17, 15) is 9.18 Å². The summed E-state index contributed by atoms with van der Waals surface area (Å²) in [5, 5.41) is 2.83. The fourth-order valence-corrected chi connectivity index (χ4v) is 2.55. The molecule has 4 nitrogen and oxygen atoms in total. The lowest BCUT2D eigenvalue weighted by atomic mass is 10.3. The lowest BCUT2D eigenvalue weighted by Gasteiger charge is -2.05. The van der Waals surface area contributed by atoms with Crippen LogP contribution in [-0.2, 0) is 11.2 Å². The van der Waals surface area contributed by atoms with Crippen molar-refractivity contribution in [3.05, 3.63) is 48.3 Å². The van der Waals surface area contributed by atoms with Crippen molar-refractivity contribution in [1.29, 1.82) is 0 Å². The predicted molar refractivity (Wildman–Crippen MR) is 77.0 cm³/mol. The molecule has 0 bridgehead atoms. The van der Waals surface area contributed by atoms with E-state index in [1.807, 2.05) is 0 Å². The highest BCUT2D eigenvalue weighted by atomic mass is 32.2. The molecule has 0 aliphatic heterocycles. The number of benzene rings is 1. The summed E-state index contributed by atoms with van der Waals surface area (Å²) in [6.07, 6.45) is 4.45. The van der Waals surface area contributed by atoms with Gasteiger partial charge in [-0.05, 0) is 12.1 Å². The lowest BCUT2D eigenvalue weighted by molar-refractivity contribution is -0.120. The van der Waals surface area contributed by atoms with E-state index in [0.29, 0.717) is 23.6 Å². The van der Waals surface area contributed by atoms with Gasteiger partial charge in [0.1, 0.15) is 5.82 Å². The van der Waals surface area contributed by atoms with E-state index in [2.05, 4.69) is 15.3 Å². The molecule has 106 valence electrons. The molecule has 0 saturated carbocycles. The van der Waals surface area contributed by atoms with Gasteiger partial charge in [-0.3, -0.25) is 4.79 Å². The largest absolute Gasteiger partial charge is 0.356 e. The fourth-order valence-electron chi connectivity index (χ4n) is 1.66. The Balaban J connectivity index is 1.62. The first kappa shape index (κ1) is 14.6. The van der Waals surface area contributed by atoms with Crippen molar-refractivity contribution in [3.8, 4) is 0 Å². The maximum atomic E-state index is 13.3. The number of H-pyrrole nitrogens is 1. The zero-order valence-corrected chi connectivity index (χ0v) is 11.8. The Labute approximate surface area is 121 Å². The first-order chi connectivity index (χ1) is 9.75. The average Bonchev–Trinajstić information content (AvgIpc) is 2.94. The van der Waals surface area contributed by atoms with Gasteiger partial charge in [0.15, 0.2) is 0 Å². The van der Waals surface area contributed by atoms with Crippen molar-refractivity contribution in [1.82, 2.24) is 15.3 Å². The SMILES string of the molecule is O=C(CCSc1ccccc1F)NCCc1cnc[nH]1. The zero-order chi connectivity index (χ0) is 14.2. The van der Waals surface area contributed by atoms with Crippen molar-refractivity contribution in [3.63, 3.8) is 0 Å². The molecule has 0 atom stereocenters. The quantitative estimate of drug-likeness (QED) is 0.771. The molecule has 0 aliphatic rings. The summed E-state index contributed by atoms with van der Waals surface area (Å²) in [6, 6.07) is 6.58. The third-order valence-corrected chi connectivity index (χ3v) is 3.75. The van der Waals surface area contributed by atoms with Crippen molar-refractivity contribution in [2.24, 2.45) is 0 Å². The van der Waals surface area contributed by atoms with Crippen LogP contribution in [0.1, 0.15) is 12.1 Å². The molecule has 2 rings (SSSR count). The number of halogens is 1. The highest BCUT2D eigenvalue weighted by Crippen LogP contribution is 2.21. The maximum Gasteiger partial charge on any atom is 0.220 e. The molecular weight excluding hydrogens is 277 g/mol. The number of carbonyl (C=O) groups is 1. The summed E-state index contributed by atoms with van der Waals surface area (Å²) in [6.45, 7) is 0.575. The molecule has 0 unspecified atom stereocenters. The molecule has 0 fully saturated rings. The smallest absolute Gasteiger partial charge is 0.220 e. The predicted octanol–water partition coefficient (Wildman–Crippen LogP) is 2.39. The highest BCUT2D eigenvalue weighted by Gasteiger charge is 2.04. The summed E-state index contributed by atoms with van der Waals surface area (Å²) < 4.78 is 13.3. The van der Waals surface area contributed by atoms with Gasteiger partial charge in [-0.25, -0.2) is 9.37 Å². The number of thioether (sulfide) groups is 1. The summed E-state index contributed by atoms with van der Waals surface area (Å²) in [7, 11) is 0. The van der Waals surface area contributed by atoms with Crippen LogP contribution in [-0.4, -0.2) is 28.2 Å². The summed E-state index contributed by atoms with van der Waals surface area (Å²) in [5.41, 5.74) is 0.992. The fraction of sp³-hybridized carbons (Fsp3) is 0.286. The minimum absolute atomic E-state index is 0.0200. The Hall–Kier alpha value is -1.82. The van der Waals surface area contributed by atoms with E-state index in [0.717, 1.165) is 12.1 Å². The molecular formula is C14H16FN3OS. The second kappa shape index (κ2) is 7.69. The number of carbonyl (C=O) groups excluding carboxylic acids is 1. The van der Waals surface area contributed by atoms with Crippen molar-refractivity contribution < 1.29 is 9.18 Å². The molecule has 1 aromatic heterocycles. The first-order valence-electron chi connectivity index (χ1n) is 6.37. The van der Waals surface area contributed by atoms with Gasteiger partial charge in [-0.2, -0.15) is 0 Å². The summed E-state index contributed by atoms with van der Waals surface area (Å²) in [5.74, 6) is 0.308. The number of imidazole rings is 1. The van der Waals surface area contributed by atoms with E-state index >= 15 is 0 Å². The molecule has 20 heavy (non-hydrogen) atoms. The van der Waals surface area contributed by atoms with Gasteiger partial charge in [-0.1, -0.05) is 12.1 Å². The van der Waals surface area contributed by atoms with Gasteiger partial charge in [0.25, 0.3) is 0 Å². The van der Waals surface area contributed by atoms with Crippen LogP contribution < -0.4 is 5.32 Å². The summed E-state index contributed by atoms with van der Waals surface area (Å²) in [4.78, 5) is 19.1. The summed E-state index contributed by atoms with van der Waals surface area (Å²) >= 11 is 1.35. The first-order valence-corrected chi connectivity index (χ1v) is 7.35. The molecule has 0 saturated heterocycles. The van der Waals surface area contributed by atoms with Crippen LogP contribution in [0.4, 0.5) is 4.39 Å². The van der Waals surface area contributed by atoms with E-state index < -0.39 is 0 Å². The van der Waals surface area contributed by atoms with Crippen LogP contribution in [0.15, 0.2) is 41.7 Å². The molecule has 1 aromatic carbocycles. The van der Waals surface area contributed by atoms with Gasteiger partial charge in [0.2, 0.25) is 5.91 Å². The molecule has 2 N–H and O–H groups in total. The van der Waals surface area contributed by atoms with Gasteiger partial charge in [-0.15, -0.1) is 11.8 Å². The molecule has 0 radical (unpaired) electrons. The van der Waals surface area contributed by atoms with Gasteiger partial charge in [0, 0.05) is 41.9 Å². The van der Waals surface area contributed by atoms with Crippen LogP contribution >= 0.6 is 11.8 Å². The van der Waals surface area contributed by atoms with Crippen LogP contribution in [0.2, 0.25) is 0 Å². The van der Waals surface area contributed by atoms with E-state index in [-0.39, 0.29) is 11.7 Å². The van der Waals surface area contributed by atoms with Gasteiger partial charge in [0.05, 0.1) is 6.33 Å². The Bertz CT molecular complexity index is 545. The lowest BCUT2D eigenvalue weighted by Crippen LogP contribution is -2.25. The van der Waals surface area contributed by atoms with Gasteiger partial charge >= 0.3 is 0 Å². The normalized spacial score (nSPS) is 10.4. The Morgan fingerprint density at radius 2 is 2.25 bits per heavy atom. The highest BCUT2D eigenvalue weighted by molar-refractivity contribution is 7.99. The molecule has 2 aromatic rings. The third kappa shape index (κ3) is 4.70. The van der Waals surface area contributed by atoms with Crippen LogP contribution in [0.5, 0.6) is 0 Å². The molecule has 1 amide bonds. The van der Waals surface area contributed by atoms with Gasteiger partial charge < -0.3 is 10.3 Å². The number of hydrogen-bond acceptors (Lipinski definition) is 3. The zero-order valence-electron chi connectivity index (χ0n) is 10.9. The number of aromatic nitrogens is 2. The number of aromatic amines is 1. The Morgan fingerprint density at radius 1 is 1.40 bits per heavy atom. The average molecular weight is 293 g/mol. The Morgan fingerprint density at radius 3 is 3.00 bits per heavy atom. The molecule has 0 aliphatic carbocycles. The van der Waals surface area contributed by atoms with Crippen LogP contribution in [0.25, 0.3) is 0 Å². The monoisotopic (exact) mass is 293 g/mol. The van der Waals surface area contributed by atoms with E-state index in [4.69, 9.17) is 0 Å². The van der Waals surface area contributed by atoms with E-state index in [1.165, 1.54) is 17.8 Å². The minimum Gasteiger partial charge on any atom is -0.356 e. The molecule has 1 heterocycles.